The Kier molecular flexibility index (Phi) is 7.04. The van der Waals surface area contributed by atoms with Crippen LogP contribution in [0.15, 0.2) is 29.4 Å². The number of aryl methyl sites for hydroxylation is 1. The smallest absolute Gasteiger partial charge is 0.407 e. The van der Waals surface area contributed by atoms with Crippen molar-refractivity contribution >= 4 is 17.7 Å². The molecule has 0 bridgehead atoms. The third-order valence-corrected chi connectivity index (χ3v) is 3.72. The summed E-state index contributed by atoms with van der Waals surface area (Å²) in [7, 11) is 1.72. The second-order valence-electron chi connectivity index (χ2n) is 7.26. The van der Waals surface area contributed by atoms with Gasteiger partial charge in [0.1, 0.15) is 11.2 Å². The molecule has 0 saturated heterocycles. The number of aliphatic imine (C=N–C) groups is 1. The molecule has 2 heterocycles. The molecule has 0 fully saturated rings. The fraction of sp³-hybridized carbons (Fsp3) is 0.526. The summed E-state index contributed by atoms with van der Waals surface area (Å²) in [6, 6.07) is 6.04. The number of carbonyl (C=O) groups excluding carboxylic acids is 1. The molecule has 148 valence electrons. The van der Waals surface area contributed by atoms with Gasteiger partial charge in [0, 0.05) is 32.0 Å². The minimum absolute atomic E-state index is 0.396. The fourth-order valence-electron chi connectivity index (χ4n) is 2.48. The average molecular weight is 374 g/mol. The first kappa shape index (κ1) is 20.5. The van der Waals surface area contributed by atoms with Crippen LogP contribution in [-0.4, -0.2) is 47.2 Å². The van der Waals surface area contributed by atoms with Crippen molar-refractivity contribution in [2.75, 3.05) is 20.1 Å². The highest BCUT2D eigenvalue weighted by Crippen LogP contribution is 2.08. The van der Waals surface area contributed by atoms with Gasteiger partial charge in [-0.25, -0.2) is 9.78 Å². The van der Waals surface area contributed by atoms with Crippen LogP contribution in [-0.2, 0) is 11.3 Å². The van der Waals surface area contributed by atoms with E-state index in [0.717, 1.165) is 23.5 Å². The van der Waals surface area contributed by atoms with E-state index in [1.807, 2.05) is 39.1 Å². The van der Waals surface area contributed by atoms with Gasteiger partial charge in [-0.15, -0.1) is 0 Å². The molecule has 2 aromatic rings. The molecule has 3 N–H and O–H groups in total. The zero-order chi connectivity index (χ0) is 19.9. The highest BCUT2D eigenvalue weighted by atomic mass is 16.6. The lowest BCUT2D eigenvalue weighted by Crippen LogP contribution is -2.39. The van der Waals surface area contributed by atoms with E-state index in [4.69, 9.17) is 4.74 Å². The van der Waals surface area contributed by atoms with Crippen LogP contribution in [0.25, 0.3) is 5.65 Å². The molecule has 8 heteroatoms. The molecule has 2 rings (SSSR count). The molecule has 0 radical (unpaired) electrons. The van der Waals surface area contributed by atoms with Crippen molar-refractivity contribution in [3.8, 4) is 0 Å². The Bertz CT molecular complexity index is 791. The maximum absolute atomic E-state index is 11.6. The van der Waals surface area contributed by atoms with Gasteiger partial charge in [-0.2, -0.15) is 0 Å². The zero-order valence-electron chi connectivity index (χ0n) is 16.8. The van der Waals surface area contributed by atoms with Crippen LogP contribution in [0.1, 0.15) is 38.6 Å². The molecule has 0 saturated carbocycles. The molecular formula is C19H30N6O2. The Hall–Kier alpha value is -2.77. The topological polar surface area (TPSA) is 92.0 Å². The van der Waals surface area contributed by atoms with E-state index < -0.39 is 11.7 Å². The Morgan fingerprint density at radius 3 is 2.63 bits per heavy atom. The first-order chi connectivity index (χ1) is 12.8. The van der Waals surface area contributed by atoms with E-state index in [0.29, 0.717) is 25.6 Å². The zero-order valence-corrected chi connectivity index (χ0v) is 16.8. The highest BCUT2D eigenvalue weighted by molar-refractivity contribution is 5.79. The molecule has 0 atom stereocenters. The summed E-state index contributed by atoms with van der Waals surface area (Å²) in [4.78, 5) is 20.4. The van der Waals surface area contributed by atoms with Crippen molar-refractivity contribution in [2.24, 2.45) is 4.99 Å². The number of alkyl carbamates (subject to hydrolysis) is 1. The van der Waals surface area contributed by atoms with Crippen LogP contribution < -0.4 is 16.0 Å². The Morgan fingerprint density at radius 1 is 1.22 bits per heavy atom. The number of ether oxygens (including phenoxy) is 1. The summed E-state index contributed by atoms with van der Waals surface area (Å²) < 4.78 is 7.26. The number of pyridine rings is 1. The van der Waals surface area contributed by atoms with Gasteiger partial charge in [0.05, 0.1) is 12.2 Å². The lowest BCUT2D eigenvalue weighted by molar-refractivity contribution is 0.0527. The lowest BCUT2D eigenvalue weighted by atomic mass is 10.2. The average Bonchev–Trinajstić information content (AvgIpc) is 3.00. The number of imidazole rings is 1. The lowest BCUT2D eigenvalue weighted by Gasteiger charge is -2.19. The van der Waals surface area contributed by atoms with Crippen molar-refractivity contribution in [3.05, 3.63) is 35.8 Å². The van der Waals surface area contributed by atoms with Gasteiger partial charge in [0.15, 0.2) is 5.96 Å². The molecule has 0 unspecified atom stereocenters. The van der Waals surface area contributed by atoms with Gasteiger partial charge in [0.2, 0.25) is 0 Å². The number of guanidine groups is 1. The fourth-order valence-corrected chi connectivity index (χ4v) is 2.48. The van der Waals surface area contributed by atoms with Crippen molar-refractivity contribution in [1.29, 1.82) is 0 Å². The van der Waals surface area contributed by atoms with Gasteiger partial charge in [0.25, 0.3) is 0 Å². The Morgan fingerprint density at radius 2 is 1.96 bits per heavy atom. The standard InChI is InChI=1S/C19H30N6O2/c1-14-8-6-9-16-24-15(13-25(14)16)12-23-17(20-5)21-10-7-11-22-18(26)27-19(2,3)4/h6,8-9,13H,7,10-12H2,1-5H3,(H,22,26)(H2,20,21,23). The van der Waals surface area contributed by atoms with E-state index in [-0.39, 0.29) is 0 Å². The molecule has 0 aromatic carbocycles. The van der Waals surface area contributed by atoms with Crippen LogP contribution >= 0.6 is 0 Å². The second kappa shape index (κ2) is 9.25. The number of carbonyl (C=O) groups is 1. The molecule has 1 amide bonds. The predicted molar refractivity (Wildman–Crippen MR) is 107 cm³/mol. The third kappa shape index (κ3) is 6.80. The van der Waals surface area contributed by atoms with Crippen LogP contribution in [0.4, 0.5) is 4.79 Å². The van der Waals surface area contributed by atoms with Crippen molar-refractivity contribution < 1.29 is 9.53 Å². The molecule has 0 aliphatic heterocycles. The molecule has 27 heavy (non-hydrogen) atoms. The Labute approximate surface area is 160 Å². The van der Waals surface area contributed by atoms with Gasteiger partial charge < -0.3 is 25.1 Å². The second-order valence-corrected chi connectivity index (χ2v) is 7.26. The monoisotopic (exact) mass is 374 g/mol. The number of nitrogens with one attached hydrogen (secondary N) is 3. The molecule has 0 spiro atoms. The van der Waals surface area contributed by atoms with Crippen molar-refractivity contribution in [2.45, 2.75) is 46.3 Å². The SMILES string of the molecule is CN=C(NCCCNC(=O)OC(C)(C)C)NCc1cn2c(C)cccc2n1. The highest BCUT2D eigenvalue weighted by Gasteiger charge is 2.15. The number of hydrogen-bond donors (Lipinski definition) is 3. The number of amides is 1. The number of hydrogen-bond acceptors (Lipinski definition) is 4. The molecular weight excluding hydrogens is 344 g/mol. The third-order valence-electron chi connectivity index (χ3n) is 3.72. The van der Waals surface area contributed by atoms with E-state index >= 15 is 0 Å². The summed E-state index contributed by atoms with van der Waals surface area (Å²) in [6.07, 6.45) is 2.38. The largest absolute Gasteiger partial charge is 0.444 e. The van der Waals surface area contributed by atoms with Crippen LogP contribution in [0.3, 0.4) is 0 Å². The van der Waals surface area contributed by atoms with Crippen LogP contribution in [0, 0.1) is 6.92 Å². The molecule has 0 aliphatic carbocycles. The summed E-state index contributed by atoms with van der Waals surface area (Å²) in [5.74, 6) is 0.695. The number of aromatic nitrogens is 2. The molecule has 2 aromatic heterocycles. The molecule has 8 nitrogen and oxygen atoms in total. The van der Waals surface area contributed by atoms with Crippen molar-refractivity contribution in [3.63, 3.8) is 0 Å². The summed E-state index contributed by atoms with van der Waals surface area (Å²) >= 11 is 0. The van der Waals surface area contributed by atoms with E-state index in [9.17, 15) is 4.79 Å². The van der Waals surface area contributed by atoms with Gasteiger partial charge >= 0.3 is 6.09 Å². The maximum atomic E-state index is 11.6. The number of fused-ring (bicyclic) bond motifs is 1. The summed E-state index contributed by atoms with van der Waals surface area (Å²) in [5, 5.41) is 9.20. The normalized spacial score (nSPS) is 12.1. The van der Waals surface area contributed by atoms with E-state index in [2.05, 4.69) is 43.3 Å². The van der Waals surface area contributed by atoms with Crippen LogP contribution in [0.2, 0.25) is 0 Å². The van der Waals surface area contributed by atoms with E-state index in [1.165, 1.54) is 0 Å². The first-order valence-corrected chi connectivity index (χ1v) is 9.13. The maximum Gasteiger partial charge on any atom is 0.407 e. The predicted octanol–water partition coefficient (Wildman–Crippen LogP) is 2.22. The summed E-state index contributed by atoms with van der Waals surface area (Å²) in [6.45, 7) is 9.37. The van der Waals surface area contributed by atoms with Crippen LogP contribution in [0.5, 0.6) is 0 Å². The summed E-state index contributed by atoms with van der Waals surface area (Å²) in [5.41, 5.74) is 2.54. The van der Waals surface area contributed by atoms with Gasteiger partial charge in [-0.3, -0.25) is 4.99 Å². The van der Waals surface area contributed by atoms with Gasteiger partial charge in [-0.1, -0.05) is 6.07 Å². The number of rotatable bonds is 6. The first-order valence-electron chi connectivity index (χ1n) is 9.13. The Balaban J connectivity index is 1.70. The minimum atomic E-state index is -0.481. The number of nitrogens with zero attached hydrogens (tertiary/aromatic N) is 3. The minimum Gasteiger partial charge on any atom is -0.444 e. The van der Waals surface area contributed by atoms with Crippen molar-refractivity contribution in [1.82, 2.24) is 25.3 Å². The van der Waals surface area contributed by atoms with E-state index in [1.54, 1.807) is 7.05 Å². The van der Waals surface area contributed by atoms with Gasteiger partial charge in [-0.05, 0) is 46.2 Å². The quantitative estimate of drug-likeness (QED) is 0.410. The molecule has 0 aliphatic rings.